The molecule has 1 saturated heterocycles. The van der Waals surface area contributed by atoms with Gasteiger partial charge >= 0.3 is 6.18 Å². The van der Waals surface area contributed by atoms with Gasteiger partial charge in [0.05, 0.1) is 27.8 Å². The lowest BCUT2D eigenvalue weighted by atomic mass is 9.92. The number of nitrogens with one attached hydrogen (secondary N) is 1. The highest BCUT2D eigenvalue weighted by molar-refractivity contribution is 7.18. The van der Waals surface area contributed by atoms with Crippen molar-refractivity contribution in [3.05, 3.63) is 62.1 Å². The minimum Gasteiger partial charge on any atom is -0.382 e. The molecule has 14 heteroatoms. The second kappa shape index (κ2) is 12.5. The number of aromatic nitrogens is 1. The molecule has 1 N–H and O–H groups in total. The fourth-order valence-corrected chi connectivity index (χ4v) is 6.42. The van der Waals surface area contributed by atoms with Crippen LogP contribution in [0.5, 0.6) is 0 Å². The minimum absolute atomic E-state index is 0.00130. The highest BCUT2D eigenvalue weighted by Gasteiger charge is 2.38. The number of carbonyl (C=O) groups is 1. The van der Waals surface area contributed by atoms with Crippen molar-refractivity contribution in [3.8, 4) is 0 Å². The van der Waals surface area contributed by atoms with E-state index < -0.39 is 22.4 Å². The maximum atomic E-state index is 13.3. The highest BCUT2D eigenvalue weighted by Crippen LogP contribution is 2.38. The Balaban J connectivity index is 1.03. The lowest BCUT2D eigenvalue weighted by Crippen LogP contribution is -2.49. The molecule has 2 aromatic carbocycles. The molecule has 0 atom stereocenters. The number of anilines is 1. The molecule has 5 rings (SSSR count). The molecule has 1 aliphatic carbocycles. The van der Waals surface area contributed by atoms with Gasteiger partial charge in [-0.1, -0.05) is 11.6 Å². The van der Waals surface area contributed by atoms with Crippen molar-refractivity contribution < 1.29 is 27.6 Å². The molecule has 0 unspecified atom stereocenters. The van der Waals surface area contributed by atoms with E-state index in [2.05, 4.69) is 15.2 Å². The average molecular weight is 612 g/mol. The number of carbonyl (C=O) groups excluding carboxylic acids is 1. The summed E-state index contributed by atoms with van der Waals surface area (Å²) in [7, 11) is 0. The number of hydrogen-bond acceptors (Lipinski definition) is 8. The average Bonchev–Trinajstić information content (AvgIpc) is 3.33. The summed E-state index contributed by atoms with van der Waals surface area (Å²) < 4.78 is 46.8. The van der Waals surface area contributed by atoms with E-state index >= 15 is 0 Å². The number of fused-ring (bicyclic) bond motifs is 1. The Hall–Kier alpha value is -3.00. The maximum Gasteiger partial charge on any atom is 0.423 e. The maximum absolute atomic E-state index is 13.3. The van der Waals surface area contributed by atoms with E-state index in [4.69, 9.17) is 16.3 Å². The van der Waals surface area contributed by atoms with E-state index in [1.54, 1.807) is 11.3 Å². The van der Waals surface area contributed by atoms with Crippen molar-refractivity contribution in [2.24, 2.45) is 0 Å². The predicted octanol–water partition coefficient (Wildman–Crippen LogP) is 5.96. The van der Waals surface area contributed by atoms with Crippen LogP contribution >= 0.6 is 22.9 Å². The fourth-order valence-electron chi connectivity index (χ4n) is 5.26. The minimum atomic E-state index is -4.82. The van der Waals surface area contributed by atoms with Gasteiger partial charge < -0.3 is 15.0 Å². The number of nitro groups is 1. The molecule has 1 saturated carbocycles. The smallest absolute Gasteiger partial charge is 0.382 e. The van der Waals surface area contributed by atoms with Crippen molar-refractivity contribution >= 4 is 50.4 Å². The van der Waals surface area contributed by atoms with E-state index in [0.29, 0.717) is 43.8 Å². The lowest BCUT2D eigenvalue weighted by molar-refractivity contribution is -0.388. The first-order chi connectivity index (χ1) is 19.5. The molecule has 0 radical (unpaired) electrons. The van der Waals surface area contributed by atoms with Crippen molar-refractivity contribution in [3.63, 3.8) is 0 Å². The molecule has 2 fully saturated rings. The third kappa shape index (κ3) is 7.45. The van der Waals surface area contributed by atoms with Gasteiger partial charge in [0.25, 0.3) is 5.69 Å². The number of piperazine rings is 1. The molecule has 9 nitrogen and oxygen atoms in total. The topological polar surface area (TPSA) is 101 Å². The van der Waals surface area contributed by atoms with Crippen molar-refractivity contribution in [2.45, 2.75) is 50.6 Å². The standard InChI is InChI=1S/C27H29ClF3N5O4S/c28-17-1-8-24-22(13-17)33-25(41-24)15-34-9-11-35(12-10-34)26(37)16-40-20-5-2-18(3-6-20)32-19-4-7-23(36(38)39)21(14-19)27(29,30)31/h1,4,7-8,13-14,18,20,32H,2-3,5-6,9-12,15-16H2/t18-,20-. The number of amides is 1. The Labute approximate surface area is 243 Å². The van der Waals surface area contributed by atoms with E-state index in [1.807, 2.05) is 23.1 Å². The van der Waals surface area contributed by atoms with Crippen LogP contribution in [0.1, 0.15) is 36.3 Å². The SMILES string of the molecule is O=C(CO[C@H]1CC[C@H](Nc2ccc([N+](=O)[O-])c(C(F)(F)F)c2)CC1)N1CCN(Cc2nc3cc(Cl)ccc3s2)CC1. The van der Waals surface area contributed by atoms with Gasteiger partial charge in [0.2, 0.25) is 5.91 Å². The van der Waals surface area contributed by atoms with Gasteiger partial charge in [0.1, 0.15) is 17.2 Å². The summed E-state index contributed by atoms with van der Waals surface area (Å²) >= 11 is 7.71. The molecule has 0 spiro atoms. The van der Waals surface area contributed by atoms with Gasteiger partial charge in [-0.2, -0.15) is 13.2 Å². The predicted molar refractivity (Wildman–Crippen MR) is 150 cm³/mol. The summed E-state index contributed by atoms with van der Waals surface area (Å²) in [5, 5.41) is 15.7. The number of ether oxygens (including phenoxy) is 1. The zero-order valence-electron chi connectivity index (χ0n) is 22.0. The van der Waals surface area contributed by atoms with Crippen LogP contribution in [0, 0.1) is 10.1 Å². The number of nitro benzene ring substituents is 1. The first-order valence-corrected chi connectivity index (χ1v) is 14.5. The van der Waals surface area contributed by atoms with Crippen LogP contribution in [0.25, 0.3) is 10.2 Å². The van der Waals surface area contributed by atoms with E-state index in [-0.39, 0.29) is 30.3 Å². The number of benzene rings is 2. The Morgan fingerprint density at radius 2 is 1.85 bits per heavy atom. The van der Waals surface area contributed by atoms with E-state index in [1.165, 1.54) is 6.07 Å². The number of hydrogen-bond donors (Lipinski definition) is 1. The van der Waals surface area contributed by atoms with Crippen LogP contribution < -0.4 is 5.32 Å². The Morgan fingerprint density at radius 3 is 2.54 bits per heavy atom. The molecule has 2 heterocycles. The number of alkyl halides is 3. The quantitative estimate of drug-likeness (QED) is 0.248. The van der Waals surface area contributed by atoms with Crippen molar-refractivity contribution in [2.75, 3.05) is 38.1 Å². The number of halogens is 4. The van der Waals surface area contributed by atoms with Gasteiger partial charge in [-0.05, 0) is 56.0 Å². The zero-order valence-corrected chi connectivity index (χ0v) is 23.6. The van der Waals surface area contributed by atoms with Gasteiger partial charge in [0.15, 0.2) is 0 Å². The second-order valence-electron chi connectivity index (χ2n) is 10.3. The number of thiazole rings is 1. The zero-order chi connectivity index (χ0) is 29.1. The van der Waals surface area contributed by atoms with E-state index in [9.17, 15) is 28.1 Å². The molecule has 1 aliphatic heterocycles. The summed E-state index contributed by atoms with van der Waals surface area (Å²) in [4.78, 5) is 31.5. The summed E-state index contributed by atoms with van der Waals surface area (Å²) in [6, 6.07) is 8.57. The molecular weight excluding hydrogens is 583 g/mol. The van der Waals surface area contributed by atoms with Crippen LogP contribution in [-0.4, -0.2) is 70.5 Å². The van der Waals surface area contributed by atoms with Crippen LogP contribution in [0.2, 0.25) is 5.02 Å². The monoisotopic (exact) mass is 611 g/mol. The van der Waals surface area contributed by atoms with Gasteiger partial charge in [-0.25, -0.2) is 4.98 Å². The van der Waals surface area contributed by atoms with Crippen molar-refractivity contribution in [1.82, 2.24) is 14.8 Å². The largest absolute Gasteiger partial charge is 0.423 e. The van der Waals surface area contributed by atoms with Crippen LogP contribution in [0.4, 0.5) is 24.5 Å². The third-order valence-electron chi connectivity index (χ3n) is 7.46. The van der Waals surface area contributed by atoms with Gasteiger partial charge in [-0.3, -0.25) is 19.8 Å². The van der Waals surface area contributed by atoms with Gasteiger partial charge in [0, 0.05) is 49.0 Å². The lowest BCUT2D eigenvalue weighted by Gasteiger charge is -2.35. The Morgan fingerprint density at radius 1 is 1.12 bits per heavy atom. The summed E-state index contributed by atoms with van der Waals surface area (Å²) in [5.74, 6) is -0.0508. The van der Waals surface area contributed by atoms with Crippen molar-refractivity contribution in [1.29, 1.82) is 0 Å². The third-order valence-corrected chi connectivity index (χ3v) is 8.72. The summed E-state index contributed by atoms with van der Waals surface area (Å²) in [6.45, 7) is 3.45. The second-order valence-corrected chi connectivity index (χ2v) is 11.8. The normalized spacial score (nSPS) is 20.3. The molecule has 0 bridgehead atoms. The van der Waals surface area contributed by atoms with Crippen LogP contribution in [0.3, 0.4) is 0 Å². The summed E-state index contributed by atoms with van der Waals surface area (Å²) in [6.07, 6.45) is -2.32. The van der Waals surface area contributed by atoms with Crippen LogP contribution in [-0.2, 0) is 22.3 Å². The molecule has 41 heavy (non-hydrogen) atoms. The molecule has 1 amide bonds. The number of nitrogens with zero attached hydrogens (tertiary/aromatic N) is 4. The van der Waals surface area contributed by atoms with Crippen LogP contribution in [0.15, 0.2) is 36.4 Å². The molecule has 3 aromatic rings. The number of rotatable bonds is 8. The first-order valence-electron chi connectivity index (χ1n) is 13.3. The molecule has 2 aliphatic rings. The highest BCUT2D eigenvalue weighted by atomic mass is 35.5. The van der Waals surface area contributed by atoms with E-state index in [0.717, 1.165) is 47.0 Å². The first kappa shape index (κ1) is 29.5. The fraction of sp³-hybridized carbons (Fsp3) is 0.481. The summed E-state index contributed by atoms with van der Waals surface area (Å²) in [5.41, 5.74) is -1.15. The molecular formula is C27H29ClF3N5O4S. The molecule has 220 valence electrons. The van der Waals surface area contributed by atoms with Gasteiger partial charge in [-0.15, -0.1) is 11.3 Å². The Kier molecular flexibility index (Phi) is 8.97. The Bertz CT molecular complexity index is 1410. The molecule has 1 aromatic heterocycles.